The van der Waals surface area contributed by atoms with Crippen LogP contribution in [0.25, 0.3) is 0 Å². The number of rotatable bonds is 3. The lowest BCUT2D eigenvalue weighted by Crippen LogP contribution is -2.17. The van der Waals surface area contributed by atoms with Crippen LogP contribution in [0.15, 0.2) is 6.20 Å². The first-order valence-electron chi connectivity index (χ1n) is 5.94. The predicted molar refractivity (Wildman–Crippen MR) is 60.4 cm³/mol. The van der Waals surface area contributed by atoms with Gasteiger partial charge in [-0.15, -0.1) is 0 Å². The molecule has 1 aromatic heterocycles. The van der Waals surface area contributed by atoms with Gasteiger partial charge >= 0.3 is 5.95 Å². The van der Waals surface area contributed by atoms with Crippen molar-refractivity contribution in [3.05, 3.63) is 22.0 Å². The summed E-state index contributed by atoms with van der Waals surface area (Å²) in [5, 5.41) is 10.9. The number of aromatic nitrogens is 2. The van der Waals surface area contributed by atoms with Crippen molar-refractivity contribution < 1.29 is 4.92 Å². The van der Waals surface area contributed by atoms with E-state index >= 15 is 0 Å². The number of hydrogen-bond acceptors (Lipinski definition) is 3. The van der Waals surface area contributed by atoms with Crippen molar-refractivity contribution in [1.29, 1.82) is 0 Å². The smallest absolute Gasteiger partial charge is 0.390 e. The van der Waals surface area contributed by atoms with Gasteiger partial charge in [0.25, 0.3) is 0 Å². The summed E-state index contributed by atoms with van der Waals surface area (Å²) >= 11 is 0. The lowest BCUT2D eigenvalue weighted by molar-refractivity contribution is -0.397. The Bertz CT molecular complexity index is 381. The molecule has 0 bridgehead atoms. The van der Waals surface area contributed by atoms with E-state index in [0.717, 1.165) is 25.0 Å². The molecule has 2 rings (SSSR count). The van der Waals surface area contributed by atoms with Crippen LogP contribution < -0.4 is 0 Å². The second-order valence-corrected chi connectivity index (χ2v) is 4.32. The van der Waals surface area contributed by atoms with Crippen molar-refractivity contribution >= 4 is 5.95 Å². The molecule has 88 valence electrons. The summed E-state index contributed by atoms with van der Waals surface area (Å²) in [6.07, 6.45) is 8.13. The van der Waals surface area contributed by atoms with Crippen molar-refractivity contribution in [2.75, 3.05) is 0 Å². The largest absolute Gasteiger partial charge is 0.435 e. The maximum absolute atomic E-state index is 10.9. The van der Waals surface area contributed by atoms with Gasteiger partial charge in [-0.2, -0.15) is 0 Å². The molecule has 1 heterocycles. The Kier molecular flexibility index (Phi) is 3.22. The second-order valence-electron chi connectivity index (χ2n) is 4.32. The zero-order valence-corrected chi connectivity index (χ0v) is 9.56. The van der Waals surface area contributed by atoms with E-state index in [9.17, 15) is 10.1 Å². The first kappa shape index (κ1) is 11.1. The van der Waals surface area contributed by atoms with Gasteiger partial charge in [-0.3, -0.25) is 0 Å². The van der Waals surface area contributed by atoms with E-state index in [2.05, 4.69) is 4.98 Å². The Morgan fingerprint density at radius 3 is 2.75 bits per heavy atom. The first-order valence-corrected chi connectivity index (χ1v) is 5.94. The lowest BCUT2D eigenvalue weighted by Gasteiger charge is -2.21. The molecule has 1 saturated carbocycles. The third kappa shape index (κ3) is 1.94. The maximum atomic E-state index is 10.9. The zero-order valence-electron chi connectivity index (χ0n) is 9.56. The van der Waals surface area contributed by atoms with E-state index in [1.165, 1.54) is 19.3 Å². The number of aryl methyl sites for hydroxylation is 1. The summed E-state index contributed by atoms with van der Waals surface area (Å²) in [4.78, 5) is 14.5. The van der Waals surface area contributed by atoms with Crippen molar-refractivity contribution in [3.8, 4) is 0 Å². The monoisotopic (exact) mass is 223 g/mol. The minimum atomic E-state index is -0.367. The fraction of sp³-hybridized carbons (Fsp3) is 0.727. The molecule has 0 unspecified atom stereocenters. The third-order valence-corrected chi connectivity index (χ3v) is 3.32. The SMILES string of the molecule is CCc1cnc([N+](=O)[O-])n1C1CCCCC1. The summed E-state index contributed by atoms with van der Waals surface area (Å²) < 4.78 is 1.85. The summed E-state index contributed by atoms with van der Waals surface area (Å²) in [6.45, 7) is 2.01. The molecule has 0 radical (unpaired) electrons. The van der Waals surface area contributed by atoms with Crippen LogP contribution in [0.5, 0.6) is 0 Å². The lowest BCUT2D eigenvalue weighted by atomic mass is 9.95. The normalized spacial score (nSPS) is 17.6. The average molecular weight is 223 g/mol. The zero-order chi connectivity index (χ0) is 11.5. The van der Waals surface area contributed by atoms with Crippen molar-refractivity contribution in [1.82, 2.24) is 9.55 Å². The summed E-state index contributed by atoms with van der Waals surface area (Å²) in [6, 6.07) is 0.284. The molecule has 0 amide bonds. The molecule has 1 aliphatic carbocycles. The molecule has 1 aromatic rings. The van der Waals surface area contributed by atoms with Gasteiger partial charge in [0, 0.05) is 6.42 Å². The molecule has 0 saturated heterocycles. The van der Waals surface area contributed by atoms with E-state index in [1.54, 1.807) is 6.20 Å². The van der Waals surface area contributed by atoms with Crippen LogP contribution in [-0.4, -0.2) is 14.5 Å². The Balaban J connectivity index is 2.34. The summed E-state index contributed by atoms with van der Waals surface area (Å²) in [5.74, 6) is 0.0174. The van der Waals surface area contributed by atoms with E-state index in [-0.39, 0.29) is 16.9 Å². The minimum Gasteiger partial charge on any atom is -0.390 e. The molecule has 0 aliphatic heterocycles. The van der Waals surface area contributed by atoms with E-state index in [4.69, 9.17) is 0 Å². The highest BCUT2D eigenvalue weighted by Gasteiger charge is 2.28. The number of nitrogens with zero attached hydrogens (tertiary/aromatic N) is 3. The molecule has 1 aliphatic rings. The van der Waals surface area contributed by atoms with Gasteiger partial charge in [0.1, 0.15) is 11.9 Å². The predicted octanol–water partition coefficient (Wildman–Crippen LogP) is 2.86. The molecule has 0 aromatic carbocycles. The van der Waals surface area contributed by atoms with Gasteiger partial charge in [-0.25, -0.2) is 4.57 Å². The molecule has 16 heavy (non-hydrogen) atoms. The summed E-state index contributed by atoms with van der Waals surface area (Å²) in [5.41, 5.74) is 0.985. The maximum Gasteiger partial charge on any atom is 0.435 e. The number of imidazole rings is 1. The topological polar surface area (TPSA) is 61.0 Å². The van der Waals surface area contributed by atoms with Crippen LogP contribution in [0.1, 0.15) is 50.8 Å². The first-order chi connectivity index (χ1) is 7.74. The molecule has 5 heteroatoms. The van der Waals surface area contributed by atoms with Crippen LogP contribution in [-0.2, 0) is 6.42 Å². The van der Waals surface area contributed by atoms with E-state index < -0.39 is 0 Å². The Hall–Kier alpha value is -1.39. The van der Waals surface area contributed by atoms with Crippen LogP contribution in [0.2, 0.25) is 0 Å². The average Bonchev–Trinajstić information content (AvgIpc) is 2.73. The van der Waals surface area contributed by atoms with Gasteiger partial charge in [-0.1, -0.05) is 18.3 Å². The van der Waals surface area contributed by atoms with E-state index in [0.29, 0.717) is 0 Å². The highest BCUT2D eigenvalue weighted by atomic mass is 16.6. The molecular weight excluding hydrogens is 206 g/mol. The van der Waals surface area contributed by atoms with Crippen LogP contribution in [0.3, 0.4) is 0 Å². The molecule has 0 spiro atoms. The Morgan fingerprint density at radius 2 is 2.19 bits per heavy atom. The fourth-order valence-electron chi connectivity index (χ4n) is 2.52. The highest BCUT2D eigenvalue weighted by molar-refractivity contribution is 5.17. The van der Waals surface area contributed by atoms with Crippen LogP contribution in [0, 0.1) is 10.1 Å². The van der Waals surface area contributed by atoms with Gasteiger partial charge in [0.2, 0.25) is 0 Å². The van der Waals surface area contributed by atoms with Crippen molar-refractivity contribution in [3.63, 3.8) is 0 Å². The molecule has 5 nitrogen and oxygen atoms in total. The molecular formula is C11H17N3O2. The highest BCUT2D eigenvalue weighted by Crippen LogP contribution is 2.32. The van der Waals surface area contributed by atoms with Gasteiger partial charge in [-0.05, 0) is 30.6 Å². The van der Waals surface area contributed by atoms with Crippen LogP contribution in [0.4, 0.5) is 5.95 Å². The van der Waals surface area contributed by atoms with Crippen molar-refractivity contribution in [2.24, 2.45) is 0 Å². The van der Waals surface area contributed by atoms with Crippen molar-refractivity contribution in [2.45, 2.75) is 51.5 Å². The number of nitro groups is 1. The second kappa shape index (κ2) is 4.63. The Labute approximate surface area is 94.6 Å². The molecule has 0 N–H and O–H groups in total. The third-order valence-electron chi connectivity index (χ3n) is 3.32. The van der Waals surface area contributed by atoms with Gasteiger partial charge in [0.15, 0.2) is 0 Å². The quantitative estimate of drug-likeness (QED) is 0.584. The summed E-state index contributed by atoms with van der Waals surface area (Å²) in [7, 11) is 0. The Morgan fingerprint density at radius 1 is 1.50 bits per heavy atom. The number of hydrogen-bond donors (Lipinski definition) is 0. The van der Waals surface area contributed by atoms with Gasteiger partial charge in [0.05, 0.1) is 6.04 Å². The minimum absolute atomic E-state index is 0.0174. The molecule has 0 atom stereocenters. The van der Waals surface area contributed by atoms with Gasteiger partial charge < -0.3 is 10.1 Å². The molecule has 1 fully saturated rings. The standard InChI is InChI=1S/C11H17N3O2/c1-2-9-8-12-11(14(15)16)13(9)10-6-4-3-5-7-10/h8,10H,2-7H2,1H3. The fourth-order valence-corrected chi connectivity index (χ4v) is 2.52. The van der Waals surface area contributed by atoms with Crippen LogP contribution >= 0.6 is 0 Å². The van der Waals surface area contributed by atoms with E-state index in [1.807, 2.05) is 11.5 Å².